The zero-order valence-corrected chi connectivity index (χ0v) is 13.1. The Labute approximate surface area is 121 Å². The van der Waals surface area contributed by atoms with Crippen molar-refractivity contribution in [3.8, 4) is 0 Å². The van der Waals surface area contributed by atoms with Crippen LogP contribution in [0.3, 0.4) is 0 Å². The number of anilines is 1. The zero-order chi connectivity index (χ0) is 14.0. The maximum Gasteiger partial charge on any atom is 0.270 e. The van der Waals surface area contributed by atoms with Crippen LogP contribution in [0.4, 0.5) is 5.82 Å². The Morgan fingerprint density at radius 3 is 2.32 bits per heavy atom. The predicted molar refractivity (Wildman–Crippen MR) is 81.5 cm³/mol. The number of hydrogen-bond acceptors (Lipinski definition) is 3. The van der Waals surface area contributed by atoms with E-state index in [0.29, 0.717) is 11.5 Å². The van der Waals surface area contributed by atoms with Crippen LogP contribution >= 0.6 is 12.4 Å². The molecule has 19 heavy (non-hydrogen) atoms. The molecule has 0 aliphatic carbocycles. The SMILES string of the molecule is CC(C)(C)CC(C)(C)NC(=O)c1cccc(N)n1.Cl. The van der Waals surface area contributed by atoms with Crippen LogP contribution in [-0.4, -0.2) is 16.4 Å². The number of nitrogens with two attached hydrogens (primary N) is 1. The third-order valence-electron chi connectivity index (χ3n) is 2.43. The number of hydrogen-bond donors (Lipinski definition) is 2. The molecule has 0 aliphatic rings. The highest BCUT2D eigenvalue weighted by Gasteiger charge is 2.27. The number of aromatic nitrogens is 1. The lowest BCUT2D eigenvalue weighted by molar-refractivity contribution is 0.0886. The molecule has 0 saturated heterocycles. The van der Waals surface area contributed by atoms with Crippen molar-refractivity contribution in [1.29, 1.82) is 0 Å². The summed E-state index contributed by atoms with van der Waals surface area (Å²) in [6.45, 7) is 10.5. The van der Waals surface area contributed by atoms with Crippen LogP contribution < -0.4 is 11.1 Å². The van der Waals surface area contributed by atoms with Gasteiger partial charge in [-0.2, -0.15) is 0 Å². The van der Waals surface area contributed by atoms with Crippen molar-refractivity contribution in [3.63, 3.8) is 0 Å². The van der Waals surface area contributed by atoms with Gasteiger partial charge in [0.2, 0.25) is 0 Å². The normalized spacial score (nSPS) is 11.6. The van der Waals surface area contributed by atoms with Crippen LogP contribution in [0.2, 0.25) is 0 Å². The highest BCUT2D eigenvalue weighted by atomic mass is 35.5. The van der Waals surface area contributed by atoms with Gasteiger partial charge in [-0.05, 0) is 37.8 Å². The van der Waals surface area contributed by atoms with Crippen LogP contribution in [0.1, 0.15) is 51.5 Å². The van der Waals surface area contributed by atoms with Crippen molar-refractivity contribution in [2.45, 2.75) is 46.6 Å². The average Bonchev–Trinajstić information content (AvgIpc) is 2.12. The van der Waals surface area contributed by atoms with E-state index in [1.54, 1.807) is 18.2 Å². The van der Waals surface area contributed by atoms with Gasteiger partial charge in [-0.3, -0.25) is 4.79 Å². The fourth-order valence-corrected chi connectivity index (χ4v) is 2.32. The number of rotatable bonds is 3. The molecule has 0 saturated carbocycles. The molecular formula is C14H24ClN3O. The molecule has 5 heteroatoms. The summed E-state index contributed by atoms with van der Waals surface area (Å²) in [5.74, 6) is 0.174. The number of nitrogen functional groups attached to an aromatic ring is 1. The fraction of sp³-hybridized carbons (Fsp3) is 0.571. The number of nitrogens with zero attached hydrogens (tertiary/aromatic N) is 1. The van der Waals surface area contributed by atoms with Crippen LogP contribution in [0, 0.1) is 5.41 Å². The molecule has 4 nitrogen and oxygen atoms in total. The first-order chi connectivity index (χ1) is 8.09. The maximum absolute atomic E-state index is 12.1. The molecule has 0 bridgehead atoms. The van der Waals surface area contributed by atoms with E-state index in [0.717, 1.165) is 6.42 Å². The number of amides is 1. The molecule has 0 spiro atoms. The summed E-state index contributed by atoms with van der Waals surface area (Å²) >= 11 is 0. The van der Waals surface area contributed by atoms with Crippen LogP contribution in [-0.2, 0) is 0 Å². The van der Waals surface area contributed by atoms with Gasteiger partial charge in [0.15, 0.2) is 0 Å². The molecule has 1 rings (SSSR count). The van der Waals surface area contributed by atoms with E-state index in [1.165, 1.54) is 0 Å². The summed E-state index contributed by atoms with van der Waals surface area (Å²) in [7, 11) is 0. The first-order valence-corrected chi connectivity index (χ1v) is 6.14. The monoisotopic (exact) mass is 285 g/mol. The van der Waals surface area contributed by atoms with Crippen LogP contribution in [0.5, 0.6) is 0 Å². The van der Waals surface area contributed by atoms with Gasteiger partial charge in [0.25, 0.3) is 5.91 Å². The molecule has 1 amide bonds. The topological polar surface area (TPSA) is 68.0 Å². The van der Waals surface area contributed by atoms with E-state index in [4.69, 9.17) is 5.73 Å². The third-order valence-corrected chi connectivity index (χ3v) is 2.43. The first-order valence-electron chi connectivity index (χ1n) is 6.14. The minimum Gasteiger partial charge on any atom is -0.384 e. The standard InChI is InChI=1S/C14H23N3O.ClH/c1-13(2,3)9-14(4,5)17-12(18)10-7-6-8-11(15)16-10;/h6-8H,9H2,1-5H3,(H2,15,16)(H,17,18);1H. The molecule has 1 aromatic rings. The fourth-order valence-electron chi connectivity index (χ4n) is 2.32. The molecule has 0 atom stereocenters. The van der Waals surface area contributed by atoms with Gasteiger partial charge in [0.1, 0.15) is 11.5 Å². The average molecular weight is 286 g/mol. The van der Waals surface area contributed by atoms with Crippen molar-refractivity contribution >= 4 is 24.1 Å². The Hall–Kier alpha value is -1.29. The summed E-state index contributed by atoms with van der Waals surface area (Å²) in [4.78, 5) is 16.1. The molecule has 0 aliphatic heterocycles. The number of pyridine rings is 1. The largest absolute Gasteiger partial charge is 0.384 e. The van der Waals surface area contributed by atoms with Crippen LogP contribution in [0.25, 0.3) is 0 Å². The quantitative estimate of drug-likeness (QED) is 0.897. The number of carbonyl (C=O) groups excluding carboxylic acids is 1. The minimum absolute atomic E-state index is 0. The van der Waals surface area contributed by atoms with Gasteiger partial charge in [-0.1, -0.05) is 26.8 Å². The predicted octanol–water partition coefficient (Wildman–Crippen LogP) is 3.03. The second kappa shape index (κ2) is 6.24. The Kier molecular flexibility index (Phi) is 5.82. The summed E-state index contributed by atoms with van der Waals surface area (Å²) in [6, 6.07) is 5.06. The minimum atomic E-state index is -0.276. The molecule has 0 fully saturated rings. The Morgan fingerprint density at radius 1 is 1.26 bits per heavy atom. The van der Waals surface area contributed by atoms with Gasteiger partial charge >= 0.3 is 0 Å². The van der Waals surface area contributed by atoms with Crippen LogP contribution in [0.15, 0.2) is 18.2 Å². The Morgan fingerprint density at radius 2 is 1.84 bits per heavy atom. The summed E-state index contributed by atoms with van der Waals surface area (Å²) in [6.07, 6.45) is 0.883. The van der Waals surface area contributed by atoms with Crippen molar-refractivity contribution in [2.24, 2.45) is 5.41 Å². The maximum atomic E-state index is 12.1. The summed E-state index contributed by atoms with van der Waals surface area (Å²) in [5, 5.41) is 3.00. The third kappa shape index (κ3) is 6.43. The summed E-state index contributed by atoms with van der Waals surface area (Å²) < 4.78 is 0. The van der Waals surface area contributed by atoms with E-state index in [9.17, 15) is 4.79 Å². The van der Waals surface area contributed by atoms with Gasteiger partial charge in [0, 0.05) is 5.54 Å². The van der Waals surface area contributed by atoms with E-state index >= 15 is 0 Å². The number of halogens is 1. The molecular weight excluding hydrogens is 262 g/mol. The number of carbonyl (C=O) groups is 1. The lowest BCUT2D eigenvalue weighted by Gasteiger charge is -2.33. The van der Waals surface area contributed by atoms with Gasteiger partial charge in [-0.15, -0.1) is 12.4 Å². The Bertz CT molecular complexity index is 439. The molecule has 0 aromatic carbocycles. The van der Waals surface area contributed by atoms with E-state index in [1.807, 2.05) is 13.8 Å². The van der Waals surface area contributed by atoms with E-state index in [-0.39, 0.29) is 29.3 Å². The Balaban J connectivity index is 0.00000324. The van der Waals surface area contributed by atoms with E-state index < -0.39 is 0 Å². The van der Waals surface area contributed by atoms with Gasteiger partial charge in [0.05, 0.1) is 0 Å². The van der Waals surface area contributed by atoms with Crippen molar-refractivity contribution in [3.05, 3.63) is 23.9 Å². The lowest BCUT2D eigenvalue weighted by Crippen LogP contribution is -2.46. The molecule has 1 aromatic heterocycles. The van der Waals surface area contributed by atoms with Crippen molar-refractivity contribution in [1.82, 2.24) is 10.3 Å². The molecule has 0 unspecified atom stereocenters. The van der Waals surface area contributed by atoms with Gasteiger partial charge in [-0.25, -0.2) is 4.98 Å². The van der Waals surface area contributed by atoms with E-state index in [2.05, 4.69) is 31.1 Å². The highest BCUT2D eigenvalue weighted by molar-refractivity contribution is 5.93. The number of nitrogens with one attached hydrogen (secondary N) is 1. The molecule has 1 heterocycles. The molecule has 0 radical (unpaired) electrons. The molecule has 3 N–H and O–H groups in total. The smallest absolute Gasteiger partial charge is 0.270 e. The second-order valence-electron chi connectivity index (χ2n) is 6.52. The van der Waals surface area contributed by atoms with Crippen molar-refractivity contribution < 1.29 is 4.79 Å². The highest BCUT2D eigenvalue weighted by Crippen LogP contribution is 2.26. The molecule has 108 valence electrons. The lowest BCUT2D eigenvalue weighted by atomic mass is 9.82. The second-order valence-corrected chi connectivity index (χ2v) is 6.52. The zero-order valence-electron chi connectivity index (χ0n) is 12.3. The summed E-state index contributed by atoms with van der Waals surface area (Å²) in [5.41, 5.74) is 5.81. The first kappa shape index (κ1) is 17.7. The van der Waals surface area contributed by atoms with Crippen molar-refractivity contribution in [2.75, 3.05) is 5.73 Å². The van der Waals surface area contributed by atoms with Gasteiger partial charge < -0.3 is 11.1 Å².